The first kappa shape index (κ1) is 20.1. The summed E-state index contributed by atoms with van der Waals surface area (Å²) in [5, 5.41) is 11.7. The van der Waals surface area contributed by atoms with Crippen molar-refractivity contribution >= 4 is 21.9 Å². The molecule has 1 amide bonds. The second kappa shape index (κ2) is 7.31. The zero-order valence-corrected chi connectivity index (χ0v) is 15.3. The van der Waals surface area contributed by atoms with Crippen LogP contribution >= 0.6 is 0 Å². The maximum atomic E-state index is 12.4. The molecule has 0 aromatic heterocycles. The Morgan fingerprint density at radius 2 is 1.75 bits per heavy atom. The third kappa shape index (κ3) is 4.12. The second-order valence-corrected chi connectivity index (χ2v) is 8.08. The summed E-state index contributed by atoms with van der Waals surface area (Å²) in [6.07, 6.45) is 0.222. The Labute approximate surface area is 142 Å². The van der Waals surface area contributed by atoms with Crippen LogP contribution in [0, 0.1) is 0 Å². The lowest BCUT2D eigenvalue weighted by Gasteiger charge is -2.24. The average Bonchev–Trinajstić information content (AvgIpc) is 2.53. The van der Waals surface area contributed by atoms with Gasteiger partial charge in [-0.25, -0.2) is 13.2 Å². The first-order valence-electron chi connectivity index (χ1n) is 7.59. The monoisotopic (exact) mass is 356 g/mol. The molecule has 24 heavy (non-hydrogen) atoms. The summed E-state index contributed by atoms with van der Waals surface area (Å²) in [4.78, 5) is 23.5. The smallest absolute Gasteiger partial charge is 0.329 e. The van der Waals surface area contributed by atoms with E-state index in [0.717, 1.165) is 0 Å². The van der Waals surface area contributed by atoms with Crippen LogP contribution in [-0.4, -0.2) is 48.3 Å². The fourth-order valence-electron chi connectivity index (χ4n) is 1.84. The zero-order chi connectivity index (χ0) is 18.7. The number of carbonyl (C=O) groups is 2. The van der Waals surface area contributed by atoms with Gasteiger partial charge in [0.2, 0.25) is 10.0 Å². The summed E-state index contributed by atoms with van der Waals surface area (Å²) in [5.41, 5.74) is -1.18. The minimum absolute atomic E-state index is 0.0757. The van der Waals surface area contributed by atoms with Crippen LogP contribution < -0.4 is 5.32 Å². The minimum Gasteiger partial charge on any atom is -0.480 e. The number of nitrogens with one attached hydrogen (secondary N) is 1. The van der Waals surface area contributed by atoms with Crippen molar-refractivity contribution in [1.29, 1.82) is 0 Å². The van der Waals surface area contributed by atoms with Crippen LogP contribution in [0.3, 0.4) is 0 Å². The van der Waals surface area contributed by atoms with E-state index in [9.17, 15) is 23.1 Å². The SMILES string of the molecule is CCC(C)(NC(=O)c1ccc(S(=O)(=O)N(C)C(C)C)cc1)C(=O)O. The third-order valence-electron chi connectivity index (χ3n) is 4.09. The lowest BCUT2D eigenvalue weighted by Crippen LogP contribution is -2.51. The lowest BCUT2D eigenvalue weighted by molar-refractivity contribution is -0.143. The number of hydrogen-bond donors (Lipinski definition) is 2. The van der Waals surface area contributed by atoms with Crippen molar-refractivity contribution < 1.29 is 23.1 Å². The van der Waals surface area contributed by atoms with Crippen LogP contribution in [0.25, 0.3) is 0 Å². The number of nitrogens with zero attached hydrogens (tertiary/aromatic N) is 1. The van der Waals surface area contributed by atoms with E-state index in [1.165, 1.54) is 42.5 Å². The summed E-state index contributed by atoms with van der Waals surface area (Å²) in [5.74, 6) is -1.70. The van der Waals surface area contributed by atoms with E-state index < -0.39 is 27.4 Å². The second-order valence-electron chi connectivity index (χ2n) is 6.08. The number of aliphatic carboxylic acids is 1. The molecule has 134 valence electrons. The molecule has 1 aromatic carbocycles. The standard InChI is InChI=1S/C16H24N2O5S/c1-6-16(4,15(20)21)17-14(19)12-7-9-13(10-8-12)24(22,23)18(5)11(2)3/h7-11H,6H2,1-5H3,(H,17,19)(H,20,21). The molecule has 8 heteroatoms. The van der Waals surface area contributed by atoms with E-state index >= 15 is 0 Å². The van der Waals surface area contributed by atoms with Gasteiger partial charge in [0.1, 0.15) is 5.54 Å². The Morgan fingerprint density at radius 3 is 2.12 bits per heavy atom. The number of benzene rings is 1. The molecule has 0 bridgehead atoms. The normalized spacial score (nSPS) is 14.5. The van der Waals surface area contributed by atoms with Crippen LogP contribution in [0.1, 0.15) is 44.5 Å². The van der Waals surface area contributed by atoms with Crippen molar-refractivity contribution in [3.63, 3.8) is 0 Å². The Hall–Kier alpha value is -1.93. The Kier molecular flexibility index (Phi) is 6.13. The van der Waals surface area contributed by atoms with E-state index in [0.29, 0.717) is 0 Å². The molecule has 0 radical (unpaired) electrons. The fourth-order valence-corrected chi connectivity index (χ4v) is 3.21. The first-order valence-corrected chi connectivity index (χ1v) is 9.03. The van der Waals surface area contributed by atoms with Crippen LogP contribution in [0.4, 0.5) is 0 Å². The summed E-state index contributed by atoms with van der Waals surface area (Å²) >= 11 is 0. The van der Waals surface area contributed by atoms with Gasteiger partial charge in [-0.15, -0.1) is 0 Å². The highest BCUT2D eigenvalue weighted by Gasteiger charge is 2.33. The summed E-state index contributed by atoms with van der Waals surface area (Å²) in [6.45, 7) is 6.60. The molecule has 1 aromatic rings. The molecular weight excluding hydrogens is 332 g/mol. The van der Waals surface area contributed by atoms with E-state index in [4.69, 9.17) is 0 Å². The predicted molar refractivity (Wildman–Crippen MR) is 90.3 cm³/mol. The highest BCUT2D eigenvalue weighted by Crippen LogP contribution is 2.18. The molecule has 2 N–H and O–H groups in total. The van der Waals surface area contributed by atoms with Crippen molar-refractivity contribution in [3.8, 4) is 0 Å². The molecule has 1 rings (SSSR count). The van der Waals surface area contributed by atoms with Gasteiger partial charge >= 0.3 is 5.97 Å². The molecule has 0 saturated heterocycles. The van der Waals surface area contributed by atoms with Crippen molar-refractivity contribution in [2.24, 2.45) is 0 Å². The van der Waals surface area contributed by atoms with Crippen molar-refractivity contribution in [1.82, 2.24) is 9.62 Å². The van der Waals surface area contributed by atoms with Crippen molar-refractivity contribution in [3.05, 3.63) is 29.8 Å². The molecule has 1 unspecified atom stereocenters. The maximum Gasteiger partial charge on any atom is 0.329 e. The molecule has 0 fully saturated rings. The van der Waals surface area contributed by atoms with Crippen molar-refractivity contribution in [2.45, 2.75) is 50.6 Å². The van der Waals surface area contributed by atoms with Gasteiger partial charge in [0, 0.05) is 18.7 Å². The predicted octanol–water partition coefficient (Wildman–Crippen LogP) is 1.70. The molecule has 0 aliphatic carbocycles. The van der Waals surface area contributed by atoms with Gasteiger partial charge in [0.05, 0.1) is 4.90 Å². The average molecular weight is 356 g/mol. The molecule has 0 aliphatic heterocycles. The largest absolute Gasteiger partial charge is 0.480 e. The number of rotatable bonds is 7. The van der Waals surface area contributed by atoms with E-state index in [-0.39, 0.29) is 22.9 Å². The zero-order valence-electron chi connectivity index (χ0n) is 14.5. The number of sulfonamides is 1. The number of carbonyl (C=O) groups excluding carboxylic acids is 1. The maximum absolute atomic E-state index is 12.4. The third-order valence-corrected chi connectivity index (χ3v) is 6.14. The van der Waals surface area contributed by atoms with Gasteiger partial charge in [-0.2, -0.15) is 4.31 Å². The van der Waals surface area contributed by atoms with E-state index in [2.05, 4.69) is 5.32 Å². The molecule has 7 nitrogen and oxygen atoms in total. The number of amides is 1. The van der Waals surface area contributed by atoms with E-state index in [1.54, 1.807) is 20.8 Å². The highest BCUT2D eigenvalue weighted by atomic mass is 32.2. The van der Waals surface area contributed by atoms with Gasteiger partial charge in [-0.1, -0.05) is 6.92 Å². The van der Waals surface area contributed by atoms with E-state index in [1.807, 2.05) is 0 Å². The first-order chi connectivity index (χ1) is 11.0. The van der Waals surface area contributed by atoms with Crippen molar-refractivity contribution in [2.75, 3.05) is 7.05 Å². The Balaban J connectivity index is 3.04. The molecule has 0 spiro atoms. The van der Waals surface area contributed by atoms with Crippen LogP contribution in [-0.2, 0) is 14.8 Å². The van der Waals surface area contributed by atoms with Gasteiger partial charge < -0.3 is 10.4 Å². The highest BCUT2D eigenvalue weighted by molar-refractivity contribution is 7.89. The molecule has 1 atom stereocenters. The summed E-state index contributed by atoms with van der Waals surface area (Å²) in [7, 11) is -2.14. The lowest BCUT2D eigenvalue weighted by atomic mass is 9.98. The van der Waals surface area contributed by atoms with Crippen LogP contribution in [0.15, 0.2) is 29.2 Å². The molecule has 0 heterocycles. The summed E-state index contributed by atoms with van der Waals surface area (Å²) < 4.78 is 26.0. The van der Waals surface area contributed by atoms with Gasteiger partial charge in [-0.3, -0.25) is 4.79 Å². The van der Waals surface area contributed by atoms with Gasteiger partial charge in [0.25, 0.3) is 5.91 Å². The van der Waals surface area contributed by atoms with Gasteiger partial charge in [0.15, 0.2) is 0 Å². The Morgan fingerprint density at radius 1 is 1.25 bits per heavy atom. The Bertz CT molecular complexity index is 712. The fraction of sp³-hybridized carbons (Fsp3) is 0.500. The van der Waals surface area contributed by atoms with Crippen LogP contribution in [0.2, 0.25) is 0 Å². The number of hydrogen-bond acceptors (Lipinski definition) is 4. The van der Waals surface area contributed by atoms with Gasteiger partial charge in [-0.05, 0) is 51.5 Å². The topological polar surface area (TPSA) is 104 Å². The minimum atomic E-state index is -3.63. The number of carboxylic acid groups (broad SMARTS) is 1. The molecular formula is C16H24N2O5S. The molecule has 0 saturated carbocycles. The van der Waals surface area contributed by atoms with Crippen LogP contribution in [0.5, 0.6) is 0 Å². The number of carboxylic acids is 1. The quantitative estimate of drug-likeness (QED) is 0.774. The summed E-state index contributed by atoms with van der Waals surface area (Å²) in [6, 6.07) is 5.22. The molecule has 0 aliphatic rings.